The van der Waals surface area contributed by atoms with Gasteiger partial charge in [-0.1, -0.05) is 85.9 Å². The van der Waals surface area contributed by atoms with Gasteiger partial charge >= 0.3 is 0 Å². The van der Waals surface area contributed by atoms with Gasteiger partial charge in [0.1, 0.15) is 0 Å². The molecule has 1 aromatic rings. The van der Waals surface area contributed by atoms with Gasteiger partial charge in [-0.2, -0.15) is 0 Å². The quantitative estimate of drug-likeness (QED) is 0.585. The van der Waals surface area contributed by atoms with Crippen molar-refractivity contribution in [2.45, 2.75) is 39.0 Å². The second-order valence-corrected chi connectivity index (χ2v) is 7.10. The van der Waals surface area contributed by atoms with Crippen molar-refractivity contribution >= 4 is 0 Å². The van der Waals surface area contributed by atoms with E-state index >= 15 is 0 Å². The van der Waals surface area contributed by atoms with Crippen molar-refractivity contribution in [1.82, 2.24) is 0 Å². The second-order valence-electron chi connectivity index (χ2n) is 7.10. The van der Waals surface area contributed by atoms with Gasteiger partial charge < -0.3 is 0 Å². The fraction of sp³-hybridized carbons (Fsp3) is 0.304. The monoisotopic (exact) mass is 302 g/mol. The normalized spacial score (nSPS) is 28.9. The fourth-order valence-corrected chi connectivity index (χ4v) is 3.99. The number of benzene rings is 1. The summed E-state index contributed by atoms with van der Waals surface area (Å²) in [5, 5.41) is 0. The molecule has 1 fully saturated rings. The highest BCUT2D eigenvalue weighted by Crippen LogP contribution is 2.68. The van der Waals surface area contributed by atoms with Crippen LogP contribution in [-0.2, 0) is 11.8 Å². The summed E-state index contributed by atoms with van der Waals surface area (Å²) in [4.78, 5) is 0. The third kappa shape index (κ3) is 2.67. The van der Waals surface area contributed by atoms with Crippen molar-refractivity contribution < 1.29 is 0 Å². The Bertz CT molecular complexity index is 741. The lowest BCUT2D eigenvalue weighted by molar-refractivity contribution is 0.623. The fourth-order valence-electron chi connectivity index (χ4n) is 3.99. The summed E-state index contributed by atoms with van der Waals surface area (Å²) in [5.41, 5.74) is 6.06. The Morgan fingerprint density at radius 1 is 1.26 bits per heavy atom. The second kappa shape index (κ2) is 5.85. The minimum Gasteiger partial charge on any atom is -0.0991 e. The van der Waals surface area contributed by atoms with Crippen LogP contribution in [0.25, 0.3) is 0 Å². The highest BCUT2D eigenvalue weighted by Gasteiger charge is 2.63. The zero-order valence-electron chi connectivity index (χ0n) is 14.5. The van der Waals surface area contributed by atoms with E-state index in [2.05, 4.69) is 88.1 Å². The van der Waals surface area contributed by atoms with E-state index in [9.17, 15) is 0 Å². The first kappa shape index (κ1) is 15.8. The number of allylic oxidation sites excluding steroid dienone is 9. The molecule has 2 atom stereocenters. The predicted molar refractivity (Wildman–Crippen MR) is 101 cm³/mol. The van der Waals surface area contributed by atoms with Gasteiger partial charge in [-0.25, -0.2) is 0 Å². The topological polar surface area (TPSA) is 0 Å². The van der Waals surface area contributed by atoms with E-state index in [0.717, 1.165) is 6.42 Å². The average molecular weight is 302 g/mol. The van der Waals surface area contributed by atoms with Crippen LogP contribution in [0.5, 0.6) is 0 Å². The Morgan fingerprint density at radius 3 is 2.74 bits per heavy atom. The van der Waals surface area contributed by atoms with E-state index in [1.54, 1.807) is 0 Å². The number of fused-ring (bicyclic) bond motifs is 1. The minimum absolute atomic E-state index is 0.193. The van der Waals surface area contributed by atoms with Crippen LogP contribution in [0.15, 0.2) is 79.0 Å². The van der Waals surface area contributed by atoms with Crippen molar-refractivity contribution in [3.63, 3.8) is 0 Å². The van der Waals surface area contributed by atoms with Crippen molar-refractivity contribution in [3.05, 3.63) is 95.6 Å². The van der Waals surface area contributed by atoms with Gasteiger partial charge in [0, 0.05) is 10.8 Å². The molecule has 1 saturated carbocycles. The molecule has 0 nitrogen and oxygen atoms in total. The SMILES string of the molecule is C=C/C=C(\C=C/C)Cc1ccc(C)cc1C12C=CC=CC1(C)C2. The standard InChI is InChI=1S/C23H26/c1-5-9-19(10-6-2)16-20-12-11-18(3)15-21(20)23-14-8-7-13-22(23,4)17-23/h5-15H,1,16-17H2,2-4H3/b10-6-,19-9+. The summed E-state index contributed by atoms with van der Waals surface area (Å²) in [6, 6.07) is 6.94. The van der Waals surface area contributed by atoms with Crippen molar-refractivity contribution in [2.75, 3.05) is 0 Å². The molecule has 0 N–H and O–H groups in total. The number of rotatable bonds is 5. The molecule has 2 aliphatic rings. The van der Waals surface area contributed by atoms with Crippen LogP contribution < -0.4 is 0 Å². The summed E-state index contributed by atoms with van der Waals surface area (Å²) in [5.74, 6) is 0. The maximum atomic E-state index is 3.85. The first-order chi connectivity index (χ1) is 11.0. The maximum absolute atomic E-state index is 3.85. The lowest BCUT2D eigenvalue weighted by atomic mass is 9.80. The van der Waals surface area contributed by atoms with Crippen LogP contribution in [-0.4, -0.2) is 0 Å². The molecule has 0 spiro atoms. The van der Waals surface area contributed by atoms with Crippen molar-refractivity contribution in [3.8, 4) is 0 Å². The number of aryl methyl sites for hydroxylation is 1. The molecule has 3 rings (SSSR count). The summed E-state index contributed by atoms with van der Waals surface area (Å²) in [6.07, 6.45) is 19.7. The Labute approximate surface area is 140 Å². The van der Waals surface area contributed by atoms with Crippen LogP contribution in [0, 0.1) is 12.3 Å². The lowest BCUT2D eigenvalue weighted by Gasteiger charge is -2.24. The van der Waals surface area contributed by atoms with Gasteiger partial charge in [-0.05, 0) is 43.4 Å². The lowest BCUT2D eigenvalue weighted by Crippen LogP contribution is -2.17. The molecule has 0 heterocycles. The molecule has 118 valence electrons. The molecule has 0 radical (unpaired) electrons. The number of hydrogen-bond acceptors (Lipinski definition) is 0. The molecule has 0 aliphatic heterocycles. The van der Waals surface area contributed by atoms with Crippen LogP contribution in [0.2, 0.25) is 0 Å². The van der Waals surface area contributed by atoms with Gasteiger partial charge in [-0.3, -0.25) is 0 Å². The molecular weight excluding hydrogens is 276 g/mol. The third-order valence-corrected chi connectivity index (χ3v) is 5.35. The number of hydrogen-bond donors (Lipinski definition) is 0. The third-order valence-electron chi connectivity index (χ3n) is 5.35. The molecular formula is C23H26. The first-order valence-corrected chi connectivity index (χ1v) is 8.46. The average Bonchev–Trinajstić information content (AvgIpc) is 3.17. The summed E-state index contributed by atoms with van der Waals surface area (Å²) in [7, 11) is 0. The molecule has 0 heteroatoms. The Hall–Kier alpha value is -2.08. The zero-order chi connectivity index (χ0) is 16.5. The Kier molecular flexibility index (Phi) is 4.02. The van der Waals surface area contributed by atoms with Crippen molar-refractivity contribution in [1.29, 1.82) is 0 Å². The zero-order valence-corrected chi connectivity index (χ0v) is 14.5. The molecule has 2 aliphatic carbocycles. The molecule has 0 bridgehead atoms. The molecule has 0 aromatic heterocycles. The van der Waals surface area contributed by atoms with Gasteiger partial charge in [-0.15, -0.1) is 0 Å². The van der Waals surface area contributed by atoms with Gasteiger partial charge in [0.15, 0.2) is 0 Å². The Morgan fingerprint density at radius 2 is 2.04 bits per heavy atom. The van der Waals surface area contributed by atoms with Crippen molar-refractivity contribution in [2.24, 2.45) is 5.41 Å². The van der Waals surface area contributed by atoms with E-state index in [-0.39, 0.29) is 10.8 Å². The Balaban J connectivity index is 2.04. The van der Waals surface area contributed by atoms with Crippen LogP contribution >= 0.6 is 0 Å². The van der Waals surface area contributed by atoms with E-state index < -0.39 is 0 Å². The molecule has 23 heavy (non-hydrogen) atoms. The predicted octanol–water partition coefficient (Wildman–Crippen LogP) is 6.00. The van der Waals surface area contributed by atoms with Gasteiger partial charge in [0.2, 0.25) is 0 Å². The van der Waals surface area contributed by atoms with Crippen LogP contribution in [0.3, 0.4) is 0 Å². The van der Waals surface area contributed by atoms with E-state index in [4.69, 9.17) is 0 Å². The first-order valence-electron chi connectivity index (χ1n) is 8.46. The minimum atomic E-state index is 0.193. The maximum Gasteiger partial charge on any atom is 0.0235 e. The highest BCUT2D eigenvalue weighted by atomic mass is 14.7. The smallest absolute Gasteiger partial charge is 0.0235 e. The van der Waals surface area contributed by atoms with Gasteiger partial charge in [0.25, 0.3) is 0 Å². The van der Waals surface area contributed by atoms with E-state index in [1.807, 2.05) is 6.08 Å². The molecule has 0 saturated heterocycles. The summed E-state index contributed by atoms with van der Waals surface area (Å²) >= 11 is 0. The largest absolute Gasteiger partial charge is 0.0991 e. The highest BCUT2D eigenvalue weighted by molar-refractivity contribution is 5.55. The van der Waals surface area contributed by atoms with Gasteiger partial charge in [0.05, 0.1) is 0 Å². The molecule has 1 aromatic carbocycles. The van der Waals surface area contributed by atoms with E-state index in [1.165, 1.54) is 28.7 Å². The molecule has 2 unspecified atom stereocenters. The van der Waals surface area contributed by atoms with E-state index in [0.29, 0.717) is 0 Å². The van der Waals surface area contributed by atoms with Crippen LogP contribution in [0.1, 0.15) is 37.0 Å². The van der Waals surface area contributed by atoms with Crippen LogP contribution in [0.4, 0.5) is 0 Å². The molecule has 0 amide bonds. The summed E-state index contributed by atoms with van der Waals surface area (Å²) in [6.45, 7) is 10.5. The summed E-state index contributed by atoms with van der Waals surface area (Å²) < 4.78 is 0.